The van der Waals surface area contributed by atoms with Gasteiger partial charge in [0.05, 0.1) is 0 Å². The first kappa shape index (κ1) is 21.8. The average molecular weight is 417 g/mol. The largest absolute Gasteiger partial charge is 0.271 e. The first-order valence-corrected chi connectivity index (χ1v) is 11.1. The van der Waals surface area contributed by atoms with E-state index in [2.05, 4.69) is 48.6 Å². The van der Waals surface area contributed by atoms with Crippen LogP contribution in [0.2, 0.25) is 0 Å². The smallest absolute Gasteiger partial charge is 0.267 e. The highest BCUT2D eigenvalue weighted by Gasteiger charge is 2.21. The second-order valence-electron chi connectivity index (χ2n) is 8.01. The molecule has 0 atom stereocenters. The number of carbonyl (C=O) groups is 1. The fourth-order valence-electron chi connectivity index (χ4n) is 3.32. The second kappa shape index (κ2) is 10.3. The Morgan fingerprint density at radius 2 is 1.50 bits per heavy atom. The molecular weight excluding hydrogens is 388 g/mol. The maximum absolute atomic E-state index is 12.5. The van der Waals surface area contributed by atoms with Crippen LogP contribution in [-0.2, 0) is 11.2 Å². The summed E-state index contributed by atoms with van der Waals surface area (Å²) < 4.78 is 0. The predicted octanol–water partition coefficient (Wildman–Crippen LogP) is 6.45. The van der Waals surface area contributed by atoms with Gasteiger partial charge in [0.1, 0.15) is 0 Å². The molecule has 0 aliphatic heterocycles. The number of hydrazone groups is 1. The van der Waals surface area contributed by atoms with Gasteiger partial charge in [0.15, 0.2) is 0 Å². The lowest BCUT2D eigenvalue weighted by Crippen LogP contribution is -2.24. The van der Waals surface area contributed by atoms with Crippen molar-refractivity contribution in [2.24, 2.45) is 5.10 Å². The van der Waals surface area contributed by atoms with E-state index in [1.165, 1.54) is 16.0 Å². The van der Waals surface area contributed by atoms with E-state index >= 15 is 0 Å². The third kappa shape index (κ3) is 6.33. The quantitative estimate of drug-likeness (QED) is 0.260. The van der Waals surface area contributed by atoms with Crippen molar-refractivity contribution in [1.82, 2.24) is 5.43 Å². The Morgan fingerprint density at radius 3 is 2.13 bits per heavy atom. The highest BCUT2D eigenvalue weighted by Crippen LogP contribution is 2.27. The Morgan fingerprint density at radius 1 is 0.900 bits per heavy atom. The van der Waals surface area contributed by atoms with Gasteiger partial charge in [0.2, 0.25) is 0 Å². The van der Waals surface area contributed by atoms with E-state index in [9.17, 15) is 4.79 Å². The molecule has 30 heavy (non-hydrogen) atoms. The van der Waals surface area contributed by atoms with E-state index in [-0.39, 0.29) is 11.3 Å². The maximum atomic E-state index is 12.5. The van der Waals surface area contributed by atoms with Crippen LogP contribution in [0.3, 0.4) is 0 Å². The molecule has 0 heterocycles. The van der Waals surface area contributed by atoms with Crippen LogP contribution in [0.1, 0.15) is 48.7 Å². The Hall–Kier alpha value is -2.85. The van der Waals surface area contributed by atoms with Crippen LogP contribution in [0.4, 0.5) is 0 Å². The third-order valence-electron chi connectivity index (χ3n) is 4.97. The number of nitrogens with one attached hydrogen (secondary N) is 1. The van der Waals surface area contributed by atoms with Crippen LogP contribution in [0.5, 0.6) is 0 Å². The fourth-order valence-corrected chi connectivity index (χ4v) is 4.19. The monoisotopic (exact) mass is 416 g/mol. The minimum absolute atomic E-state index is 0.0440. The summed E-state index contributed by atoms with van der Waals surface area (Å²) in [6.45, 7) is 6.33. The lowest BCUT2D eigenvalue weighted by molar-refractivity contribution is 0.0954. The van der Waals surface area contributed by atoms with Crippen molar-refractivity contribution in [3.63, 3.8) is 0 Å². The molecule has 0 aliphatic rings. The topological polar surface area (TPSA) is 41.5 Å². The Bertz CT molecular complexity index is 981. The molecule has 0 saturated heterocycles. The molecule has 0 aliphatic carbocycles. The summed E-state index contributed by atoms with van der Waals surface area (Å²) in [6, 6.07) is 28.4. The van der Waals surface area contributed by atoms with Gasteiger partial charge in [-0.3, -0.25) is 4.79 Å². The van der Waals surface area contributed by atoms with Crippen molar-refractivity contribution in [2.75, 3.05) is 0 Å². The summed E-state index contributed by atoms with van der Waals surface area (Å²) in [5.74, 6) is 0.687. The highest BCUT2D eigenvalue weighted by atomic mass is 32.2. The molecule has 0 saturated carbocycles. The predicted molar refractivity (Wildman–Crippen MR) is 127 cm³/mol. The number of hydrogen-bond acceptors (Lipinski definition) is 3. The van der Waals surface area contributed by atoms with Crippen LogP contribution in [0.25, 0.3) is 0 Å². The standard InChI is InChI=1S/C26H28N2OS/c1-20(18-26(2,3)23-10-6-4-7-11-23)27-28-25(29)22-16-14-21(15-17-22)19-30-24-12-8-5-9-13-24/h4-17H,18-19H2,1-3H3,(H,28,29)/b27-20+. The van der Waals surface area contributed by atoms with Crippen LogP contribution in [-0.4, -0.2) is 11.6 Å². The first-order valence-electron chi connectivity index (χ1n) is 10.1. The Kier molecular flexibility index (Phi) is 7.47. The number of hydrogen-bond donors (Lipinski definition) is 1. The summed E-state index contributed by atoms with van der Waals surface area (Å²) in [6.07, 6.45) is 0.771. The van der Waals surface area contributed by atoms with E-state index in [0.717, 1.165) is 17.9 Å². The van der Waals surface area contributed by atoms with Crippen molar-refractivity contribution in [3.05, 3.63) is 102 Å². The molecule has 0 bridgehead atoms. The molecule has 3 aromatic carbocycles. The molecule has 3 nitrogen and oxygen atoms in total. The molecule has 0 unspecified atom stereocenters. The van der Waals surface area contributed by atoms with Crippen LogP contribution in [0, 0.1) is 0 Å². The molecule has 0 fully saturated rings. The van der Waals surface area contributed by atoms with Crippen LogP contribution >= 0.6 is 11.8 Å². The van der Waals surface area contributed by atoms with Gasteiger partial charge in [-0.05, 0) is 54.2 Å². The maximum Gasteiger partial charge on any atom is 0.271 e. The minimum atomic E-state index is -0.186. The lowest BCUT2D eigenvalue weighted by Gasteiger charge is -2.25. The Labute approximate surface area is 183 Å². The SMILES string of the molecule is C/C(CC(C)(C)c1ccccc1)=N\NC(=O)c1ccc(CSc2ccccc2)cc1. The molecule has 0 radical (unpaired) electrons. The van der Waals surface area contributed by atoms with Crippen LogP contribution in [0.15, 0.2) is 94.9 Å². The van der Waals surface area contributed by atoms with Gasteiger partial charge in [-0.1, -0.05) is 74.5 Å². The van der Waals surface area contributed by atoms with Gasteiger partial charge in [-0.25, -0.2) is 5.43 Å². The summed E-state index contributed by atoms with van der Waals surface area (Å²) in [5.41, 5.74) is 6.60. The van der Waals surface area contributed by atoms with E-state index in [4.69, 9.17) is 0 Å². The van der Waals surface area contributed by atoms with Gasteiger partial charge in [0.25, 0.3) is 5.91 Å². The van der Waals surface area contributed by atoms with E-state index in [1.54, 1.807) is 11.8 Å². The summed E-state index contributed by atoms with van der Waals surface area (Å²) >= 11 is 1.78. The number of rotatable bonds is 8. The number of carbonyl (C=O) groups excluding carboxylic acids is 1. The van der Waals surface area contributed by atoms with Crippen molar-refractivity contribution in [2.45, 2.75) is 43.3 Å². The molecule has 0 spiro atoms. The number of amides is 1. The van der Waals surface area contributed by atoms with Gasteiger partial charge in [0, 0.05) is 21.9 Å². The van der Waals surface area contributed by atoms with Gasteiger partial charge in [-0.15, -0.1) is 11.8 Å². The van der Waals surface area contributed by atoms with Crippen molar-refractivity contribution < 1.29 is 4.79 Å². The van der Waals surface area contributed by atoms with Crippen molar-refractivity contribution >= 4 is 23.4 Å². The number of nitrogens with zero attached hydrogens (tertiary/aromatic N) is 1. The highest BCUT2D eigenvalue weighted by molar-refractivity contribution is 7.98. The molecule has 4 heteroatoms. The molecule has 154 valence electrons. The van der Waals surface area contributed by atoms with Crippen molar-refractivity contribution in [1.29, 1.82) is 0 Å². The van der Waals surface area contributed by atoms with Gasteiger partial charge in [-0.2, -0.15) is 5.10 Å². The van der Waals surface area contributed by atoms with E-state index in [0.29, 0.717) is 5.56 Å². The summed E-state index contributed by atoms with van der Waals surface area (Å²) in [7, 11) is 0. The Balaban J connectivity index is 1.53. The molecular formula is C26H28N2OS. The third-order valence-corrected chi connectivity index (χ3v) is 6.05. The van der Waals surface area contributed by atoms with Crippen LogP contribution < -0.4 is 5.43 Å². The molecule has 0 aromatic heterocycles. The zero-order valence-electron chi connectivity index (χ0n) is 17.8. The molecule has 3 rings (SSSR count). The minimum Gasteiger partial charge on any atom is -0.267 e. The normalized spacial score (nSPS) is 11.9. The lowest BCUT2D eigenvalue weighted by atomic mass is 9.80. The van der Waals surface area contributed by atoms with Crippen molar-refractivity contribution in [3.8, 4) is 0 Å². The first-order chi connectivity index (χ1) is 14.4. The summed E-state index contributed by atoms with van der Waals surface area (Å²) in [4.78, 5) is 13.7. The molecule has 1 amide bonds. The average Bonchev–Trinajstić information content (AvgIpc) is 2.77. The van der Waals surface area contributed by atoms with Gasteiger partial charge >= 0.3 is 0 Å². The molecule has 1 N–H and O–H groups in total. The zero-order valence-corrected chi connectivity index (χ0v) is 18.6. The number of thioether (sulfide) groups is 1. The fraction of sp³-hybridized carbons (Fsp3) is 0.231. The molecule has 3 aromatic rings. The van der Waals surface area contributed by atoms with E-state index in [1.807, 2.05) is 67.6 Å². The number of benzene rings is 3. The van der Waals surface area contributed by atoms with Gasteiger partial charge < -0.3 is 0 Å². The second-order valence-corrected chi connectivity index (χ2v) is 9.06. The van der Waals surface area contributed by atoms with E-state index < -0.39 is 0 Å². The summed E-state index contributed by atoms with van der Waals surface area (Å²) in [5, 5.41) is 4.32. The zero-order chi connectivity index (χ0) is 21.4.